The molecule has 0 unspecified atom stereocenters. The number of hydrogen-bond donors (Lipinski definition) is 1. The average Bonchev–Trinajstić information content (AvgIpc) is 2.15. The zero-order valence-electron chi connectivity index (χ0n) is 8.21. The summed E-state index contributed by atoms with van der Waals surface area (Å²) in [7, 11) is 1.38. The first-order valence-electron chi connectivity index (χ1n) is 4.95. The summed E-state index contributed by atoms with van der Waals surface area (Å²) in [6, 6.07) is 0. The van der Waals surface area contributed by atoms with Gasteiger partial charge >= 0.3 is 5.97 Å². The van der Waals surface area contributed by atoms with Gasteiger partial charge in [-0.25, -0.2) is 0 Å². The predicted octanol–water partition coefficient (Wildman–Crippen LogP) is 1.63. The Bertz CT molecular complexity index is 171. The van der Waals surface area contributed by atoms with Gasteiger partial charge in [0.25, 0.3) is 0 Å². The molecule has 1 saturated carbocycles. The Labute approximate surface area is 79.1 Å². The maximum Gasteiger partial charge on any atom is 0.305 e. The van der Waals surface area contributed by atoms with Gasteiger partial charge in [0.1, 0.15) is 0 Å². The fraction of sp³-hybridized carbons (Fsp3) is 0.900. The van der Waals surface area contributed by atoms with E-state index in [4.69, 9.17) is 0 Å². The molecule has 0 bridgehead atoms. The van der Waals surface area contributed by atoms with Crippen LogP contribution in [0.1, 0.15) is 44.9 Å². The van der Waals surface area contributed by atoms with E-state index in [1.54, 1.807) is 0 Å². The van der Waals surface area contributed by atoms with Crippen LogP contribution in [0, 0.1) is 0 Å². The number of carbonyl (C=O) groups excluding carboxylic acids is 1. The minimum atomic E-state index is -0.591. The van der Waals surface area contributed by atoms with Crippen LogP contribution >= 0.6 is 0 Å². The SMILES string of the molecule is COC(=O)CCC1(O)CCCCC1. The molecule has 1 aliphatic carbocycles. The number of hydrogen-bond acceptors (Lipinski definition) is 3. The van der Waals surface area contributed by atoms with E-state index in [1.807, 2.05) is 0 Å². The number of rotatable bonds is 3. The second-order valence-electron chi connectivity index (χ2n) is 3.86. The fourth-order valence-electron chi connectivity index (χ4n) is 1.90. The third-order valence-corrected chi connectivity index (χ3v) is 2.81. The largest absolute Gasteiger partial charge is 0.469 e. The number of carbonyl (C=O) groups is 1. The van der Waals surface area contributed by atoms with Crippen molar-refractivity contribution in [3.05, 3.63) is 0 Å². The number of ether oxygens (including phenoxy) is 1. The smallest absolute Gasteiger partial charge is 0.305 e. The molecule has 76 valence electrons. The molecule has 0 aromatic rings. The second-order valence-corrected chi connectivity index (χ2v) is 3.86. The van der Waals surface area contributed by atoms with E-state index in [0.717, 1.165) is 25.7 Å². The van der Waals surface area contributed by atoms with Gasteiger partial charge in [-0.15, -0.1) is 0 Å². The quantitative estimate of drug-likeness (QED) is 0.681. The molecule has 3 nitrogen and oxygen atoms in total. The molecular formula is C10H18O3. The summed E-state index contributed by atoms with van der Waals surface area (Å²) in [5, 5.41) is 10.0. The van der Waals surface area contributed by atoms with Crippen LogP contribution in [0.4, 0.5) is 0 Å². The highest BCUT2D eigenvalue weighted by Gasteiger charge is 2.29. The van der Waals surface area contributed by atoms with Gasteiger partial charge in [-0.1, -0.05) is 19.3 Å². The Balaban J connectivity index is 2.28. The standard InChI is InChI=1S/C10H18O3/c1-13-9(11)5-8-10(12)6-3-2-4-7-10/h12H,2-8H2,1H3. The van der Waals surface area contributed by atoms with Gasteiger partial charge in [0, 0.05) is 6.42 Å². The monoisotopic (exact) mass is 186 g/mol. The van der Waals surface area contributed by atoms with E-state index in [0.29, 0.717) is 12.8 Å². The summed E-state index contributed by atoms with van der Waals surface area (Å²) in [4.78, 5) is 10.9. The zero-order valence-corrected chi connectivity index (χ0v) is 8.21. The maximum atomic E-state index is 10.9. The zero-order chi connectivity index (χ0) is 9.73. The number of methoxy groups -OCH3 is 1. The molecular weight excluding hydrogens is 168 g/mol. The van der Waals surface area contributed by atoms with Crippen LogP contribution < -0.4 is 0 Å². The van der Waals surface area contributed by atoms with Crippen LogP contribution in [0.2, 0.25) is 0 Å². The summed E-state index contributed by atoms with van der Waals surface area (Å²) in [5.41, 5.74) is -0.591. The summed E-state index contributed by atoms with van der Waals surface area (Å²) in [6.07, 6.45) is 5.94. The molecule has 0 aromatic heterocycles. The van der Waals surface area contributed by atoms with Gasteiger partial charge in [0.2, 0.25) is 0 Å². The molecule has 1 rings (SSSR count). The predicted molar refractivity (Wildman–Crippen MR) is 49.3 cm³/mol. The van der Waals surface area contributed by atoms with Crippen molar-refractivity contribution in [3.8, 4) is 0 Å². The van der Waals surface area contributed by atoms with Gasteiger partial charge in [-0.2, -0.15) is 0 Å². The van der Waals surface area contributed by atoms with Gasteiger partial charge in [-0.3, -0.25) is 4.79 Å². The third kappa shape index (κ3) is 3.35. The lowest BCUT2D eigenvalue weighted by atomic mass is 9.82. The number of aliphatic hydroxyl groups is 1. The molecule has 13 heavy (non-hydrogen) atoms. The summed E-state index contributed by atoms with van der Waals surface area (Å²) in [5.74, 6) is -0.223. The highest BCUT2D eigenvalue weighted by atomic mass is 16.5. The van der Waals surface area contributed by atoms with Crippen LogP contribution in [0.25, 0.3) is 0 Å². The molecule has 0 atom stereocenters. The lowest BCUT2D eigenvalue weighted by Gasteiger charge is -2.31. The average molecular weight is 186 g/mol. The minimum absolute atomic E-state index is 0.223. The molecule has 0 aliphatic heterocycles. The van der Waals surface area contributed by atoms with Gasteiger partial charge in [-0.05, 0) is 19.3 Å². The van der Waals surface area contributed by atoms with Crippen LogP contribution in [0.3, 0.4) is 0 Å². The van der Waals surface area contributed by atoms with E-state index in [-0.39, 0.29) is 5.97 Å². The van der Waals surface area contributed by atoms with Crippen molar-refractivity contribution < 1.29 is 14.6 Å². The second kappa shape index (κ2) is 4.61. The van der Waals surface area contributed by atoms with Gasteiger partial charge in [0.15, 0.2) is 0 Å². The summed E-state index contributed by atoms with van der Waals surface area (Å²) < 4.78 is 4.54. The van der Waals surface area contributed by atoms with Crippen LogP contribution in [-0.4, -0.2) is 23.8 Å². The molecule has 0 radical (unpaired) electrons. The lowest BCUT2D eigenvalue weighted by Crippen LogP contribution is -2.31. The fourth-order valence-corrected chi connectivity index (χ4v) is 1.90. The van der Waals surface area contributed by atoms with E-state index in [1.165, 1.54) is 13.5 Å². The maximum absolute atomic E-state index is 10.9. The van der Waals surface area contributed by atoms with Gasteiger partial charge < -0.3 is 9.84 Å². The first-order valence-corrected chi connectivity index (χ1v) is 4.95. The van der Waals surface area contributed by atoms with Crippen molar-refractivity contribution in [1.29, 1.82) is 0 Å². The van der Waals surface area contributed by atoms with Crippen molar-refractivity contribution in [3.63, 3.8) is 0 Å². The first-order chi connectivity index (χ1) is 6.16. The molecule has 0 spiro atoms. The van der Waals surface area contributed by atoms with E-state index < -0.39 is 5.60 Å². The summed E-state index contributed by atoms with van der Waals surface area (Å²) in [6.45, 7) is 0. The van der Waals surface area contributed by atoms with Crippen molar-refractivity contribution in [2.45, 2.75) is 50.5 Å². The van der Waals surface area contributed by atoms with Gasteiger partial charge in [0.05, 0.1) is 12.7 Å². The number of esters is 1. The first kappa shape index (κ1) is 10.5. The highest BCUT2D eigenvalue weighted by molar-refractivity contribution is 5.69. The molecule has 3 heteroatoms. The summed E-state index contributed by atoms with van der Waals surface area (Å²) >= 11 is 0. The molecule has 1 aliphatic rings. The Morgan fingerprint density at radius 1 is 1.38 bits per heavy atom. The van der Waals surface area contributed by atoms with Crippen LogP contribution in [0.15, 0.2) is 0 Å². The topological polar surface area (TPSA) is 46.5 Å². The molecule has 1 fully saturated rings. The van der Waals surface area contributed by atoms with Crippen molar-refractivity contribution >= 4 is 5.97 Å². The van der Waals surface area contributed by atoms with Crippen molar-refractivity contribution in [1.82, 2.24) is 0 Å². The van der Waals surface area contributed by atoms with Crippen LogP contribution in [0.5, 0.6) is 0 Å². The molecule has 0 aromatic carbocycles. The molecule has 1 N–H and O–H groups in total. The minimum Gasteiger partial charge on any atom is -0.469 e. The normalized spacial score (nSPS) is 21.1. The molecule has 0 amide bonds. The van der Waals surface area contributed by atoms with Crippen molar-refractivity contribution in [2.75, 3.05) is 7.11 Å². The molecule has 0 heterocycles. The van der Waals surface area contributed by atoms with E-state index >= 15 is 0 Å². The third-order valence-electron chi connectivity index (χ3n) is 2.81. The van der Waals surface area contributed by atoms with Crippen molar-refractivity contribution in [2.24, 2.45) is 0 Å². The van der Waals surface area contributed by atoms with E-state index in [9.17, 15) is 9.90 Å². The highest BCUT2D eigenvalue weighted by Crippen LogP contribution is 2.31. The molecule has 0 saturated heterocycles. The Morgan fingerprint density at radius 3 is 2.54 bits per heavy atom. The van der Waals surface area contributed by atoms with E-state index in [2.05, 4.69) is 4.74 Å². The Morgan fingerprint density at radius 2 is 2.00 bits per heavy atom. The Hall–Kier alpha value is -0.570. The lowest BCUT2D eigenvalue weighted by molar-refractivity contribution is -0.142. The Kier molecular flexibility index (Phi) is 3.72. The van der Waals surface area contributed by atoms with Crippen LogP contribution in [-0.2, 0) is 9.53 Å².